The number of carbonyl (C=O) groups excluding carboxylic acids is 1. The number of sulfonamides is 1. The molecule has 1 saturated heterocycles. The first kappa shape index (κ1) is 46.9. The van der Waals surface area contributed by atoms with Crippen LogP contribution in [0, 0.1) is 22.2 Å². The molecule has 0 atom stereocenters. The molecule has 3 aromatic heterocycles. The first-order valence-corrected chi connectivity index (χ1v) is 24.1. The van der Waals surface area contributed by atoms with Crippen LogP contribution in [0.3, 0.4) is 0 Å². The van der Waals surface area contributed by atoms with Gasteiger partial charge >= 0.3 is 0 Å². The van der Waals surface area contributed by atoms with Gasteiger partial charge in [-0.05, 0) is 68.3 Å². The number of nitrogens with zero attached hydrogens (tertiary/aromatic N) is 5. The van der Waals surface area contributed by atoms with Gasteiger partial charge in [0.25, 0.3) is 11.5 Å². The minimum absolute atomic E-state index is 0.0376. The average Bonchev–Trinajstić information content (AvgIpc) is 3.81. The van der Waals surface area contributed by atoms with Crippen molar-refractivity contribution in [2.75, 3.05) is 41.7 Å². The SMILES string of the molecule is CCS(=O)(=O)Nc1ccc(Oc2cccc(OCCOC3CCN(c4cnc(C(=O)NC5C(C)(C)C(Oc6ccc(C#N)c(Cl)c6)C5(C)C)cn4)CC3)c2)c(-c2cn(C)c(=O)c3[nH]ccc23)c1. The van der Waals surface area contributed by atoms with Gasteiger partial charge in [0.1, 0.15) is 58.8 Å². The van der Waals surface area contributed by atoms with Crippen molar-refractivity contribution in [2.24, 2.45) is 17.9 Å². The maximum Gasteiger partial charge on any atom is 0.274 e. The Labute approximate surface area is 394 Å². The third-order valence-electron chi connectivity index (χ3n) is 12.6. The maximum atomic E-state index is 13.4. The van der Waals surface area contributed by atoms with E-state index < -0.39 is 20.9 Å². The number of H-pyrrole nitrogens is 1. The lowest BCUT2D eigenvalue weighted by Crippen LogP contribution is -2.74. The topological polar surface area (TPSA) is 203 Å². The Morgan fingerprint density at radius 2 is 1.72 bits per heavy atom. The molecule has 0 bridgehead atoms. The summed E-state index contributed by atoms with van der Waals surface area (Å²) in [7, 11) is -1.89. The predicted molar refractivity (Wildman–Crippen MR) is 257 cm³/mol. The second-order valence-corrected chi connectivity index (χ2v) is 20.4. The van der Waals surface area contributed by atoms with Crippen LogP contribution in [-0.4, -0.2) is 84.1 Å². The number of halogens is 1. The first-order chi connectivity index (χ1) is 32.0. The molecular weight excluding hydrogens is 896 g/mol. The fourth-order valence-corrected chi connectivity index (χ4v) is 10.3. The highest BCUT2D eigenvalue weighted by Crippen LogP contribution is 2.55. The van der Waals surface area contributed by atoms with Crippen LogP contribution in [0.15, 0.2) is 96.3 Å². The summed E-state index contributed by atoms with van der Waals surface area (Å²) < 4.78 is 54.0. The van der Waals surface area contributed by atoms with Gasteiger partial charge in [-0.3, -0.25) is 14.3 Å². The van der Waals surface area contributed by atoms with Gasteiger partial charge in [-0.1, -0.05) is 45.4 Å². The van der Waals surface area contributed by atoms with Gasteiger partial charge in [0.05, 0.1) is 41.4 Å². The average molecular weight is 950 g/mol. The van der Waals surface area contributed by atoms with E-state index in [4.69, 9.17) is 30.5 Å². The van der Waals surface area contributed by atoms with Gasteiger partial charge < -0.3 is 38.7 Å². The Morgan fingerprint density at radius 1 is 0.955 bits per heavy atom. The van der Waals surface area contributed by atoms with E-state index in [1.165, 1.54) is 10.8 Å². The largest absolute Gasteiger partial charge is 0.491 e. The van der Waals surface area contributed by atoms with E-state index in [1.54, 1.807) is 87.2 Å². The Morgan fingerprint density at radius 3 is 2.42 bits per heavy atom. The summed E-state index contributed by atoms with van der Waals surface area (Å²) in [5.74, 6) is 2.39. The number of carbonyl (C=O) groups is 1. The highest BCUT2D eigenvalue weighted by atomic mass is 35.5. The van der Waals surface area contributed by atoms with Crippen LogP contribution < -0.4 is 34.7 Å². The van der Waals surface area contributed by atoms with Crippen molar-refractivity contribution < 1.29 is 32.2 Å². The van der Waals surface area contributed by atoms with E-state index in [1.807, 2.05) is 39.8 Å². The summed E-state index contributed by atoms with van der Waals surface area (Å²) in [4.78, 5) is 40.5. The number of aryl methyl sites for hydroxylation is 1. The minimum Gasteiger partial charge on any atom is -0.491 e. The number of nitriles is 1. The molecule has 0 unspecified atom stereocenters. The van der Waals surface area contributed by atoms with Crippen molar-refractivity contribution in [3.63, 3.8) is 0 Å². The lowest BCUT2D eigenvalue weighted by atomic mass is 9.49. The van der Waals surface area contributed by atoms with Crippen LogP contribution in [-0.2, 0) is 21.8 Å². The van der Waals surface area contributed by atoms with Crippen molar-refractivity contribution >= 4 is 49.9 Å². The van der Waals surface area contributed by atoms with Crippen LogP contribution >= 0.6 is 11.6 Å². The summed E-state index contributed by atoms with van der Waals surface area (Å²) >= 11 is 6.25. The van der Waals surface area contributed by atoms with E-state index in [9.17, 15) is 23.3 Å². The molecule has 2 aliphatic rings. The standard InChI is InChI=1S/C49H53ClN8O8S/c1-7-67(61,62)56-31-12-14-41(37(23-31)38-29-57(6)45(60)43-36(38)15-18-52-43)65-34-10-8-9-33(24-34)64-22-21-63-32-16-19-58(20-17-32)42-28-53-40(27-54-42)44(59)55-46-48(2,3)47(49(46,4)5)66-35-13-11-30(26-51)39(50)25-35/h8-15,18,23-25,27-29,32,46-47,52,56H,7,16-17,19-22H2,1-6H3,(H,55,59). The molecule has 1 aliphatic carbocycles. The second-order valence-electron chi connectivity index (χ2n) is 18.0. The smallest absolute Gasteiger partial charge is 0.274 e. The van der Waals surface area contributed by atoms with E-state index in [0.29, 0.717) is 93.4 Å². The summed E-state index contributed by atoms with van der Waals surface area (Å²) in [6, 6.07) is 20.9. The Bertz CT molecular complexity index is 3000. The van der Waals surface area contributed by atoms with Crippen LogP contribution in [0.4, 0.5) is 11.5 Å². The highest BCUT2D eigenvalue weighted by molar-refractivity contribution is 7.92. The number of fused-ring (bicyclic) bond motifs is 1. The van der Waals surface area contributed by atoms with Gasteiger partial charge in [-0.25, -0.2) is 18.4 Å². The van der Waals surface area contributed by atoms with Crippen molar-refractivity contribution in [1.29, 1.82) is 5.26 Å². The number of anilines is 2. The fourth-order valence-electron chi connectivity index (χ4n) is 9.41. The van der Waals surface area contributed by atoms with Crippen LogP contribution in [0.25, 0.3) is 22.0 Å². The first-order valence-electron chi connectivity index (χ1n) is 22.1. The number of amides is 1. The molecular formula is C49H53ClN8O8S. The summed E-state index contributed by atoms with van der Waals surface area (Å²) in [6.07, 6.45) is 7.92. The number of rotatable bonds is 16. The van der Waals surface area contributed by atoms with E-state index >= 15 is 0 Å². The quantitative estimate of drug-likeness (QED) is 0.0789. The summed E-state index contributed by atoms with van der Waals surface area (Å²) in [6.45, 7) is 11.9. The summed E-state index contributed by atoms with van der Waals surface area (Å²) in [5, 5.41) is 13.4. The Hall–Kier alpha value is -6.61. The zero-order valence-corrected chi connectivity index (χ0v) is 39.7. The lowest BCUT2D eigenvalue weighted by molar-refractivity contribution is -0.164. The molecule has 2 fully saturated rings. The van der Waals surface area contributed by atoms with E-state index in [0.717, 1.165) is 12.8 Å². The number of ether oxygens (including phenoxy) is 4. The van der Waals surface area contributed by atoms with Crippen molar-refractivity contribution in [1.82, 2.24) is 24.8 Å². The lowest BCUT2D eigenvalue weighted by Gasteiger charge is -2.63. The van der Waals surface area contributed by atoms with Gasteiger partial charge in [0.2, 0.25) is 10.0 Å². The van der Waals surface area contributed by atoms with Crippen molar-refractivity contribution in [3.05, 3.63) is 118 Å². The number of aromatic nitrogens is 4. The molecule has 0 spiro atoms. The second kappa shape index (κ2) is 18.9. The molecule has 3 aromatic carbocycles. The normalized spacial score (nSPS) is 17.9. The molecule has 8 rings (SSSR count). The molecule has 6 aromatic rings. The minimum atomic E-state index is -3.55. The third-order valence-corrected chi connectivity index (χ3v) is 14.2. The summed E-state index contributed by atoms with van der Waals surface area (Å²) in [5.41, 5.74) is 1.64. The molecule has 350 valence electrons. The molecule has 1 amide bonds. The van der Waals surface area contributed by atoms with E-state index in [-0.39, 0.29) is 41.2 Å². The van der Waals surface area contributed by atoms with Gasteiger partial charge in [0.15, 0.2) is 0 Å². The van der Waals surface area contributed by atoms with Crippen molar-refractivity contribution in [3.8, 4) is 40.2 Å². The molecule has 4 heterocycles. The molecule has 3 N–H and O–H groups in total. The predicted octanol–water partition coefficient (Wildman–Crippen LogP) is 8.08. The number of benzene rings is 3. The number of aromatic amines is 1. The zero-order valence-electron chi connectivity index (χ0n) is 38.1. The maximum absolute atomic E-state index is 13.4. The van der Waals surface area contributed by atoms with Crippen LogP contribution in [0.2, 0.25) is 5.02 Å². The van der Waals surface area contributed by atoms with Gasteiger partial charge in [-0.15, -0.1) is 0 Å². The number of pyridine rings is 1. The van der Waals surface area contributed by atoms with Gasteiger partial charge in [0, 0.05) is 83.7 Å². The van der Waals surface area contributed by atoms with Crippen LogP contribution in [0.1, 0.15) is 63.5 Å². The highest BCUT2D eigenvalue weighted by Gasteiger charge is 2.64. The molecule has 18 heteroatoms. The van der Waals surface area contributed by atoms with Crippen molar-refractivity contribution in [2.45, 2.75) is 65.7 Å². The Balaban J connectivity index is 0.816. The monoisotopic (exact) mass is 948 g/mol. The van der Waals surface area contributed by atoms with Gasteiger partial charge in [-0.2, -0.15) is 5.26 Å². The molecule has 16 nitrogen and oxygen atoms in total. The zero-order chi connectivity index (χ0) is 47.7. The molecule has 67 heavy (non-hydrogen) atoms. The molecule has 1 aliphatic heterocycles. The van der Waals surface area contributed by atoms with Crippen LogP contribution in [0.5, 0.6) is 23.0 Å². The Kier molecular flexibility index (Phi) is 13.3. The number of piperidine rings is 1. The number of hydrogen-bond donors (Lipinski definition) is 3. The molecule has 1 saturated carbocycles. The number of nitrogens with one attached hydrogen (secondary N) is 3. The molecule has 0 radical (unpaired) electrons. The van der Waals surface area contributed by atoms with E-state index in [2.05, 4.69) is 36.0 Å². The third kappa shape index (κ3) is 9.92. The fraction of sp³-hybridized carbons (Fsp3) is 0.367. The number of hydrogen-bond acceptors (Lipinski definition) is 12.